The van der Waals surface area contributed by atoms with E-state index in [1.54, 1.807) is 17.0 Å². The van der Waals surface area contributed by atoms with Crippen molar-refractivity contribution in [2.45, 2.75) is 18.9 Å². The van der Waals surface area contributed by atoms with Gasteiger partial charge in [0.15, 0.2) is 0 Å². The summed E-state index contributed by atoms with van der Waals surface area (Å²) >= 11 is 5.83. The zero-order valence-electron chi connectivity index (χ0n) is 12.5. The Morgan fingerprint density at radius 3 is 2.52 bits per heavy atom. The summed E-state index contributed by atoms with van der Waals surface area (Å²) < 4.78 is 0. The monoisotopic (exact) mass is 328 g/mol. The summed E-state index contributed by atoms with van der Waals surface area (Å²) in [6, 6.07) is 16.2. The number of amides is 2. The summed E-state index contributed by atoms with van der Waals surface area (Å²) in [6.45, 7) is 0.620. The topological polar surface area (TPSA) is 49.4 Å². The smallest absolute Gasteiger partial charge is 0.249 e. The van der Waals surface area contributed by atoms with Crippen LogP contribution in [0, 0.1) is 0 Å². The molecule has 1 saturated heterocycles. The van der Waals surface area contributed by atoms with Crippen LogP contribution >= 0.6 is 11.6 Å². The van der Waals surface area contributed by atoms with Crippen molar-refractivity contribution in [1.82, 2.24) is 5.32 Å². The van der Waals surface area contributed by atoms with Crippen molar-refractivity contribution in [2.24, 2.45) is 0 Å². The van der Waals surface area contributed by atoms with E-state index in [1.165, 1.54) is 0 Å². The van der Waals surface area contributed by atoms with Crippen molar-refractivity contribution in [2.75, 3.05) is 11.4 Å². The second-order valence-electron chi connectivity index (χ2n) is 5.54. The maximum atomic E-state index is 12.4. The molecule has 4 nitrogen and oxygen atoms in total. The molecule has 0 bridgehead atoms. The summed E-state index contributed by atoms with van der Waals surface area (Å²) in [7, 11) is 0. The molecule has 0 spiro atoms. The lowest BCUT2D eigenvalue weighted by atomic mass is 10.1. The van der Waals surface area contributed by atoms with Gasteiger partial charge in [-0.05, 0) is 36.2 Å². The van der Waals surface area contributed by atoms with Gasteiger partial charge in [-0.1, -0.05) is 41.9 Å². The number of rotatable bonds is 4. The molecule has 2 aromatic rings. The third kappa shape index (κ3) is 3.71. The highest BCUT2D eigenvalue weighted by Crippen LogP contribution is 2.21. The number of anilines is 1. The van der Waals surface area contributed by atoms with Gasteiger partial charge in [0.2, 0.25) is 11.8 Å². The lowest BCUT2D eigenvalue weighted by Gasteiger charge is -2.17. The van der Waals surface area contributed by atoms with Crippen LogP contribution in [0.3, 0.4) is 0 Å². The summed E-state index contributed by atoms with van der Waals surface area (Å²) in [4.78, 5) is 26.3. The molecule has 0 radical (unpaired) electrons. The summed E-state index contributed by atoms with van der Waals surface area (Å²) in [5.41, 5.74) is 1.74. The average molecular weight is 329 g/mol. The predicted molar refractivity (Wildman–Crippen MR) is 90.5 cm³/mol. The van der Waals surface area contributed by atoms with Gasteiger partial charge in [0.05, 0.1) is 6.42 Å². The second-order valence-corrected chi connectivity index (χ2v) is 5.97. The van der Waals surface area contributed by atoms with Crippen molar-refractivity contribution < 1.29 is 9.59 Å². The molecular weight excluding hydrogens is 312 g/mol. The number of hydrogen-bond acceptors (Lipinski definition) is 2. The van der Waals surface area contributed by atoms with Crippen LogP contribution in [0.4, 0.5) is 5.69 Å². The first-order chi connectivity index (χ1) is 11.1. The third-order valence-corrected chi connectivity index (χ3v) is 4.14. The number of hydrogen-bond donors (Lipinski definition) is 1. The maximum absolute atomic E-state index is 12.4. The average Bonchev–Trinajstić information content (AvgIpc) is 2.91. The van der Waals surface area contributed by atoms with E-state index in [0.29, 0.717) is 18.0 Å². The molecule has 1 atom stereocenters. The molecule has 1 heterocycles. The third-order valence-electron chi connectivity index (χ3n) is 3.89. The molecule has 23 heavy (non-hydrogen) atoms. The van der Waals surface area contributed by atoms with Crippen molar-refractivity contribution in [3.63, 3.8) is 0 Å². The van der Waals surface area contributed by atoms with Crippen LogP contribution in [0.5, 0.6) is 0 Å². The molecule has 0 saturated carbocycles. The molecule has 1 aliphatic rings. The van der Waals surface area contributed by atoms with E-state index in [2.05, 4.69) is 5.32 Å². The van der Waals surface area contributed by atoms with Crippen LogP contribution in [0.15, 0.2) is 54.6 Å². The SMILES string of the molecule is O=C(Cc1ccc(Cl)cc1)N[C@@H]1CCN(c2ccccc2)C1=O. The Morgan fingerprint density at radius 2 is 1.83 bits per heavy atom. The first-order valence-electron chi connectivity index (χ1n) is 7.54. The minimum Gasteiger partial charge on any atom is -0.344 e. The van der Waals surface area contributed by atoms with Gasteiger partial charge in [0.1, 0.15) is 6.04 Å². The number of carbonyl (C=O) groups is 2. The van der Waals surface area contributed by atoms with Gasteiger partial charge < -0.3 is 10.2 Å². The van der Waals surface area contributed by atoms with E-state index >= 15 is 0 Å². The van der Waals surface area contributed by atoms with Crippen LogP contribution in [0.2, 0.25) is 5.02 Å². The number of para-hydroxylation sites is 1. The Balaban J connectivity index is 1.59. The summed E-state index contributed by atoms with van der Waals surface area (Å²) in [5, 5.41) is 3.47. The van der Waals surface area contributed by atoms with E-state index in [1.807, 2.05) is 42.5 Å². The van der Waals surface area contributed by atoms with Crippen molar-refractivity contribution in [1.29, 1.82) is 0 Å². The van der Waals surface area contributed by atoms with Crippen LogP contribution in [0.1, 0.15) is 12.0 Å². The van der Waals surface area contributed by atoms with Crippen LogP contribution in [-0.4, -0.2) is 24.4 Å². The molecule has 2 amide bonds. The lowest BCUT2D eigenvalue weighted by molar-refractivity contribution is -0.126. The van der Waals surface area contributed by atoms with Gasteiger partial charge in [-0.25, -0.2) is 0 Å². The number of benzene rings is 2. The minimum atomic E-state index is -0.449. The first-order valence-corrected chi connectivity index (χ1v) is 7.91. The largest absolute Gasteiger partial charge is 0.344 e. The fraction of sp³-hybridized carbons (Fsp3) is 0.222. The number of nitrogens with zero attached hydrogens (tertiary/aromatic N) is 1. The number of halogens is 1. The highest BCUT2D eigenvalue weighted by Gasteiger charge is 2.33. The Kier molecular flexibility index (Phi) is 4.63. The Hall–Kier alpha value is -2.33. The zero-order chi connectivity index (χ0) is 16.2. The molecule has 5 heteroatoms. The molecule has 0 aliphatic carbocycles. The van der Waals surface area contributed by atoms with E-state index in [-0.39, 0.29) is 18.2 Å². The summed E-state index contributed by atoms with van der Waals surface area (Å²) in [6.07, 6.45) is 0.867. The van der Waals surface area contributed by atoms with Gasteiger partial charge in [0.25, 0.3) is 0 Å². The molecule has 3 rings (SSSR count). The summed E-state index contributed by atoms with van der Waals surface area (Å²) in [5.74, 6) is -0.207. The van der Waals surface area contributed by atoms with Gasteiger partial charge in [-0.2, -0.15) is 0 Å². The number of carbonyl (C=O) groups excluding carboxylic acids is 2. The molecule has 2 aromatic carbocycles. The van der Waals surface area contributed by atoms with Gasteiger partial charge in [-0.15, -0.1) is 0 Å². The first kappa shape index (κ1) is 15.6. The Morgan fingerprint density at radius 1 is 1.13 bits per heavy atom. The van der Waals surface area contributed by atoms with Crippen LogP contribution in [0.25, 0.3) is 0 Å². The second kappa shape index (κ2) is 6.84. The fourth-order valence-corrected chi connectivity index (χ4v) is 2.84. The van der Waals surface area contributed by atoms with E-state index in [0.717, 1.165) is 11.3 Å². The van der Waals surface area contributed by atoms with Crippen molar-refractivity contribution in [3.8, 4) is 0 Å². The maximum Gasteiger partial charge on any atom is 0.249 e. The van der Waals surface area contributed by atoms with Crippen LogP contribution in [-0.2, 0) is 16.0 Å². The van der Waals surface area contributed by atoms with Crippen LogP contribution < -0.4 is 10.2 Å². The molecule has 118 valence electrons. The molecule has 1 fully saturated rings. The molecule has 0 aromatic heterocycles. The number of nitrogens with one attached hydrogen (secondary N) is 1. The Bertz CT molecular complexity index is 701. The van der Waals surface area contributed by atoms with Crippen molar-refractivity contribution in [3.05, 3.63) is 65.2 Å². The molecular formula is C18H17ClN2O2. The van der Waals surface area contributed by atoms with Gasteiger partial charge in [0, 0.05) is 17.3 Å². The van der Waals surface area contributed by atoms with Gasteiger partial charge in [-0.3, -0.25) is 9.59 Å². The normalized spacial score (nSPS) is 17.3. The molecule has 1 aliphatic heterocycles. The van der Waals surface area contributed by atoms with E-state index < -0.39 is 6.04 Å². The van der Waals surface area contributed by atoms with Gasteiger partial charge >= 0.3 is 0 Å². The zero-order valence-corrected chi connectivity index (χ0v) is 13.3. The standard InChI is InChI=1S/C18H17ClN2O2/c19-14-8-6-13(7-9-14)12-17(22)20-16-10-11-21(18(16)23)15-4-2-1-3-5-15/h1-9,16H,10-12H2,(H,20,22)/t16-/m1/s1. The Labute approximate surface area is 140 Å². The molecule has 0 unspecified atom stereocenters. The van der Waals surface area contributed by atoms with Crippen molar-refractivity contribution >= 4 is 29.1 Å². The van der Waals surface area contributed by atoms with E-state index in [4.69, 9.17) is 11.6 Å². The fourth-order valence-electron chi connectivity index (χ4n) is 2.71. The minimum absolute atomic E-state index is 0.0549. The molecule has 1 N–H and O–H groups in total. The predicted octanol–water partition coefficient (Wildman–Crippen LogP) is 2.80. The highest BCUT2D eigenvalue weighted by molar-refractivity contribution is 6.30. The van der Waals surface area contributed by atoms with E-state index in [9.17, 15) is 9.59 Å². The highest BCUT2D eigenvalue weighted by atomic mass is 35.5. The lowest BCUT2D eigenvalue weighted by Crippen LogP contribution is -2.42. The quantitative estimate of drug-likeness (QED) is 0.938.